The lowest BCUT2D eigenvalue weighted by Crippen LogP contribution is -2.52. The number of carbonyl (C=O) groups excluding carboxylic acids is 1. The summed E-state index contributed by atoms with van der Waals surface area (Å²) >= 11 is 8.12. The fourth-order valence-corrected chi connectivity index (χ4v) is 2.70. The molecule has 3 nitrogen and oxygen atoms in total. The highest BCUT2D eigenvalue weighted by atomic mass is 127. The van der Waals surface area contributed by atoms with Crippen LogP contribution in [0.25, 0.3) is 0 Å². The number of nitrogens with zero attached hydrogens (tertiary/aromatic N) is 1. The van der Waals surface area contributed by atoms with Crippen LogP contribution < -0.4 is 5.32 Å². The predicted molar refractivity (Wildman–Crippen MR) is 84.8 cm³/mol. The van der Waals surface area contributed by atoms with Gasteiger partial charge >= 0.3 is 0 Å². The largest absolute Gasteiger partial charge is 0.333 e. The van der Waals surface area contributed by atoms with Gasteiger partial charge in [0.15, 0.2) is 0 Å². The van der Waals surface area contributed by atoms with Crippen LogP contribution >= 0.6 is 46.6 Å². The van der Waals surface area contributed by atoms with E-state index in [0.29, 0.717) is 10.6 Å². The summed E-state index contributed by atoms with van der Waals surface area (Å²) in [4.78, 5) is 14.3. The molecular formula is C12H15Cl2IN2O. The highest BCUT2D eigenvalue weighted by Crippen LogP contribution is 2.20. The molecule has 0 saturated carbocycles. The minimum atomic E-state index is 0. The topological polar surface area (TPSA) is 32.3 Å². The number of piperazine rings is 1. The molecule has 100 valence electrons. The smallest absolute Gasteiger partial charge is 0.255 e. The fourth-order valence-electron chi connectivity index (χ4n) is 1.96. The number of hydrogen-bond acceptors (Lipinski definition) is 2. The summed E-state index contributed by atoms with van der Waals surface area (Å²) in [5.74, 6) is 0.0749. The Balaban J connectivity index is 0.00000162. The molecule has 0 bridgehead atoms. The van der Waals surface area contributed by atoms with Crippen molar-refractivity contribution in [3.8, 4) is 0 Å². The van der Waals surface area contributed by atoms with Gasteiger partial charge in [-0.15, -0.1) is 12.4 Å². The minimum absolute atomic E-state index is 0. The standard InChI is InChI=1S/C12H14ClIN2O.ClH/c1-8-7-15-4-5-16(8)12(17)10-6-9(13)2-3-11(10)14;/h2-3,6,8,15H,4-5,7H2,1H3;1H. The average Bonchev–Trinajstić information content (AvgIpc) is 2.32. The Kier molecular flexibility index (Phi) is 6.17. The third-order valence-corrected chi connectivity index (χ3v) is 4.10. The summed E-state index contributed by atoms with van der Waals surface area (Å²) in [6.07, 6.45) is 0. The van der Waals surface area contributed by atoms with Crippen LogP contribution in [-0.4, -0.2) is 36.5 Å². The molecule has 1 N–H and O–H groups in total. The lowest BCUT2D eigenvalue weighted by molar-refractivity contribution is 0.0654. The number of amides is 1. The average molecular weight is 401 g/mol. The third kappa shape index (κ3) is 3.50. The summed E-state index contributed by atoms with van der Waals surface area (Å²) in [5.41, 5.74) is 0.701. The maximum Gasteiger partial charge on any atom is 0.255 e. The van der Waals surface area contributed by atoms with Gasteiger partial charge in [0.25, 0.3) is 5.91 Å². The number of hydrogen-bond donors (Lipinski definition) is 1. The number of nitrogens with one attached hydrogen (secondary N) is 1. The molecule has 1 aliphatic heterocycles. The molecule has 1 aromatic rings. The van der Waals surface area contributed by atoms with Gasteiger partial charge in [-0.1, -0.05) is 11.6 Å². The predicted octanol–water partition coefficient (Wildman–Crippen LogP) is 2.80. The van der Waals surface area contributed by atoms with E-state index in [1.54, 1.807) is 12.1 Å². The van der Waals surface area contributed by atoms with E-state index in [4.69, 9.17) is 11.6 Å². The number of rotatable bonds is 1. The minimum Gasteiger partial charge on any atom is -0.333 e. The molecule has 1 aromatic carbocycles. The summed E-state index contributed by atoms with van der Waals surface area (Å²) in [6.45, 7) is 4.51. The van der Waals surface area contributed by atoms with E-state index >= 15 is 0 Å². The molecule has 0 spiro atoms. The summed E-state index contributed by atoms with van der Waals surface area (Å²) in [6, 6.07) is 5.66. The quantitative estimate of drug-likeness (QED) is 0.735. The zero-order chi connectivity index (χ0) is 12.4. The zero-order valence-electron chi connectivity index (χ0n) is 9.95. The first kappa shape index (κ1) is 16.0. The molecule has 1 aliphatic rings. The van der Waals surface area contributed by atoms with E-state index in [0.717, 1.165) is 23.2 Å². The number of benzene rings is 1. The summed E-state index contributed by atoms with van der Waals surface area (Å²) in [7, 11) is 0. The molecule has 1 heterocycles. The van der Waals surface area contributed by atoms with Gasteiger partial charge in [0.1, 0.15) is 0 Å². The Hall–Kier alpha value is -0.0400. The van der Waals surface area contributed by atoms with Crippen molar-refractivity contribution in [1.82, 2.24) is 10.2 Å². The molecule has 1 unspecified atom stereocenters. The first-order valence-electron chi connectivity index (χ1n) is 5.56. The summed E-state index contributed by atoms with van der Waals surface area (Å²) < 4.78 is 0.947. The van der Waals surface area contributed by atoms with Gasteiger partial charge in [-0.3, -0.25) is 4.79 Å². The van der Waals surface area contributed by atoms with Crippen LogP contribution in [0.3, 0.4) is 0 Å². The van der Waals surface area contributed by atoms with Crippen molar-refractivity contribution in [3.63, 3.8) is 0 Å². The highest BCUT2D eigenvalue weighted by Gasteiger charge is 2.25. The zero-order valence-corrected chi connectivity index (χ0v) is 13.7. The van der Waals surface area contributed by atoms with Crippen LogP contribution in [0.2, 0.25) is 5.02 Å². The van der Waals surface area contributed by atoms with Gasteiger partial charge < -0.3 is 10.2 Å². The lowest BCUT2D eigenvalue weighted by atomic mass is 10.1. The van der Waals surface area contributed by atoms with E-state index in [1.807, 2.05) is 11.0 Å². The monoisotopic (exact) mass is 400 g/mol. The maximum absolute atomic E-state index is 12.4. The number of carbonyl (C=O) groups is 1. The van der Waals surface area contributed by atoms with Crippen LogP contribution in [0.5, 0.6) is 0 Å². The van der Waals surface area contributed by atoms with Gasteiger partial charge in [0.05, 0.1) is 5.56 Å². The van der Waals surface area contributed by atoms with E-state index < -0.39 is 0 Å². The van der Waals surface area contributed by atoms with Crippen molar-refractivity contribution in [1.29, 1.82) is 0 Å². The van der Waals surface area contributed by atoms with Crippen molar-refractivity contribution < 1.29 is 4.79 Å². The molecule has 0 aromatic heterocycles. The highest BCUT2D eigenvalue weighted by molar-refractivity contribution is 14.1. The Labute approximate surface area is 132 Å². The van der Waals surface area contributed by atoms with Crippen LogP contribution in [0.15, 0.2) is 18.2 Å². The maximum atomic E-state index is 12.4. The Bertz CT molecular complexity index is 442. The molecule has 0 aliphatic carbocycles. The second-order valence-corrected chi connectivity index (χ2v) is 5.77. The molecule has 6 heteroatoms. The molecule has 2 rings (SSSR count). The Morgan fingerprint density at radius 2 is 2.28 bits per heavy atom. The normalized spacial score (nSPS) is 19.3. The second kappa shape index (κ2) is 6.93. The van der Waals surface area contributed by atoms with Crippen molar-refractivity contribution >= 4 is 52.5 Å². The van der Waals surface area contributed by atoms with Crippen molar-refractivity contribution in [2.45, 2.75) is 13.0 Å². The van der Waals surface area contributed by atoms with Crippen molar-refractivity contribution in [2.75, 3.05) is 19.6 Å². The molecule has 1 fully saturated rings. The van der Waals surface area contributed by atoms with E-state index in [9.17, 15) is 4.79 Å². The molecule has 18 heavy (non-hydrogen) atoms. The van der Waals surface area contributed by atoms with Crippen LogP contribution in [0, 0.1) is 3.57 Å². The van der Waals surface area contributed by atoms with E-state index in [-0.39, 0.29) is 24.4 Å². The van der Waals surface area contributed by atoms with Crippen LogP contribution in [-0.2, 0) is 0 Å². The molecule has 1 amide bonds. The lowest BCUT2D eigenvalue weighted by Gasteiger charge is -2.34. The van der Waals surface area contributed by atoms with E-state index in [2.05, 4.69) is 34.8 Å². The van der Waals surface area contributed by atoms with Gasteiger partial charge in [-0.2, -0.15) is 0 Å². The SMILES string of the molecule is CC1CNCCN1C(=O)c1cc(Cl)ccc1I.Cl. The Morgan fingerprint density at radius 1 is 1.56 bits per heavy atom. The summed E-state index contributed by atoms with van der Waals surface area (Å²) in [5, 5.41) is 3.88. The van der Waals surface area contributed by atoms with Gasteiger partial charge in [0.2, 0.25) is 0 Å². The molecule has 0 radical (unpaired) electrons. The Morgan fingerprint density at radius 3 is 2.94 bits per heavy atom. The van der Waals surface area contributed by atoms with Gasteiger partial charge in [-0.05, 0) is 47.7 Å². The van der Waals surface area contributed by atoms with E-state index in [1.165, 1.54) is 0 Å². The molecule has 1 saturated heterocycles. The van der Waals surface area contributed by atoms with Crippen LogP contribution in [0.4, 0.5) is 0 Å². The van der Waals surface area contributed by atoms with Gasteiger partial charge in [-0.25, -0.2) is 0 Å². The van der Waals surface area contributed by atoms with Crippen molar-refractivity contribution in [2.24, 2.45) is 0 Å². The van der Waals surface area contributed by atoms with Crippen molar-refractivity contribution in [3.05, 3.63) is 32.4 Å². The first-order chi connectivity index (χ1) is 8.09. The van der Waals surface area contributed by atoms with Crippen LogP contribution in [0.1, 0.15) is 17.3 Å². The second-order valence-electron chi connectivity index (χ2n) is 4.18. The molecule has 1 atom stereocenters. The first-order valence-corrected chi connectivity index (χ1v) is 7.02. The van der Waals surface area contributed by atoms with Gasteiger partial charge in [0, 0.05) is 34.3 Å². The number of halogens is 3. The molecular weight excluding hydrogens is 386 g/mol. The third-order valence-electron chi connectivity index (χ3n) is 2.92. The fraction of sp³-hybridized carbons (Fsp3) is 0.417.